The number of nitro groups is 1. The number of carbonyl (C=O) groups is 4. The van der Waals surface area contributed by atoms with E-state index in [1.165, 1.54) is 48.5 Å². The molecule has 3 aliphatic heterocycles. The number of imide groups is 1. The highest BCUT2D eigenvalue weighted by Gasteiger charge is 2.64. The number of fused-ring (bicyclic) bond motifs is 5. The molecule has 0 saturated carbocycles. The molecule has 10 nitrogen and oxygen atoms in total. The molecule has 200 valence electrons. The third-order valence-electron chi connectivity index (χ3n) is 7.73. The number of non-ortho nitro benzene ring substituents is 1. The van der Waals surface area contributed by atoms with Gasteiger partial charge in [0.2, 0.25) is 11.8 Å². The topological polar surface area (TPSA) is 127 Å². The van der Waals surface area contributed by atoms with Crippen LogP contribution in [-0.4, -0.2) is 46.0 Å². The molecule has 0 bridgehead atoms. The zero-order valence-electron chi connectivity index (χ0n) is 21.3. The Kier molecular flexibility index (Phi) is 6.02. The van der Waals surface area contributed by atoms with E-state index in [9.17, 15) is 29.3 Å². The summed E-state index contributed by atoms with van der Waals surface area (Å²) in [5.41, 5.74) is 2.36. The molecule has 2 saturated heterocycles. The van der Waals surface area contributed by atoms with E-state index in [-0.39, 0.29) is 23.4 Å². The van der Waals surface area contributed by atoms with Gasteiger partial charge >= 0.3 is 5.97 Å². The van der Waals surface area contributed by atoms with E-state index in [1.54, 1.807) is 18.0 Å². The Bertz CT molecular complexity index is 1600. The molecule has 0 aromatic heterocycles. The average Bonchev–Trinajstić information content (AvgIpc) is 3.45. The number of esters is 1. The van der Waals surface area contributed by atoms with Gasteiger partial charge in [-0.05, 0) is 60.5 Å². The van der Waals surface area contributed by atoms with Crippen molar-refractivity contribution in [2.45, 2.75) is 19.0 Å². The number of nitrogens with zero attached hydrogens (tertiary/aromatic N) is 3. The molecule has 0 radical (unpaired) electrons. The molecule has 3 heterocycles. The fraction of sp³-hybridized carbons (Fsp3) is 0.200. The summed E-state index contributed by atoms with van der Waals surface area (Å²) < 4.78 is 5.02. The van der Waals surface area contributed by atoms with E-state index >= 15 is 0 Å². The van der Waals surface area contributed by atoms with Crippen LogP contribution < -0.4 is 4.90 Å². The van der Waals surface area contributed by atoms with Crippen molar-refractivity contribution in [3.63, 3.8) is 0 Å². The fourth-order valence-corrected chi connectivity index (χ4v) is 5.99. The Morgan fingerprint density at radius 2 is 1.55 bits per heavy atom. The second kappa shape index (κ2) is 9.57. The van der Waals surface area contributed by atoms with Gasteiger partial charge in [0.25, 0.3) is 5.69 Å². The van der Waals surface area contributed by atoms with E-state index in [0.29, 0.717) is 5.69 Å². The number of carbonyl (C=O) groups excluding carboxylic acids is 4. The van der Waals surface area contributed by atoms with Crippen LogP contribution in [0.2, 0.25) is 0 Å². The lowest BCUT2D eigenvalue weighted by Crippen LogP contribution is -2.44. The van der Waals surface area contributed by atoms with Crippen LogP contribution in [0.3, 0.4) is 0 Å². The first-order valence-corrected chi connectivity index (χ1v) is 12.8. The van der Waals surface area contributed by atoms with Gasteiger partial charge in [0.05, 0.1) is 40.7 Å². The summed E-state index contributed by atoms with van der Waals surface area (Å²) in [4.78, 5) is 67.4. The van der Waals surface area contributed by atoms with Crippen molar-refractivity contribution in [3.05, 3.63) is 111 Å². The second-order valence-electron chi connectivity index (χ2n) is 9.78. The van der Waals surface area contributed by atoms with Crippen LogP contribution in [0.4, 0.5) is 11.4 Å². The van der Waals surface area contributed by atoms with Crippen LogP contribution in [-0.2, 0) is 14.3 Å². The smallest absolute Gasteiger partial charge is 0.338 e. The molecule has 3 aromatic carbocycles. The Morgan fingerprint density at radius 1 is 0.900 bits per heavy atom. The Hall–Kier alpha value is -5.12. The van der Waals surface area contributed by atoms with Gasteiger partial charge in [-0.3, -0.25) is 24.5 Å². The second-order valence-corrected chi connectivity index (χ2v) is 9.78. The summed E-state index contributed by atoms with van der Waals surface area (Å²) in [6.45, 7) is 1.91. The molecule has 0 N–H and O–H groups in total. The Balaban J connectivity index is 1.41. The zero-order valence-corrected chi connectivity index (χ0v) is 21.3. The Morgan fingerprint density at radius 3 is 2.23 bits per heavy atom. The first-order valence-electron chi connectivity index (χ1n) is 12.8. The van der Waals surface area contributed by atoms with Gasteiger partial charge in [0, 0.05) is 23.9 Å². The summed E-state index contributed by atoms with van der Waals surface area (Å²) >= 11 is 0. The van der Waals surface area contributed by atoms with Gasteiger partial charge in [0.1, 0.15) is 6.04 Å². The van der Waals surface area contributed by atoms with E-state index in [4.69, 9.17) is 4.74 Å². The number of nitro benzene ring substituents is 1. The first kappa shape index (κ1) is 25.2. The van der Waals surface area contributed by atoms with Crippen LogP contribution in [0.25, 0.3) is 6.08 Å². The minimum Gasteiger partial charge on any atom is -0.462 e. The van der Waals surface area contributed by atoms with Crippen LogP contribution in [0, 0.1) is 22.0 Å². The molecule has 0 aliphatic carbocycles. The molecule has 3 aliphatic rings. The molecule has 2 fully saturated rings. The van der Waals surface area contributed by atoms with Crippen molar-refractivity contribution in [1.82, 2.24) is 4.90 Å². The van der Waals surface area contributed by atoms with Crippen LogP contribution in [0.1, 0.15) is 44.8 Å². The predicted octanol–water partition coefficient (Wildman–Crippen LogP) is 4.17. The highest BCUT2D eigenvalue weighted by molar-refractivity contribution is 6.24. The molecular weight excluding hydrogens is 514 g/mol. The maximum atomic E-state index is 14.0. The fourth-order valence-electron chi connectivity index (χ4n) is 5.99. The lowest BCUT2D eigenvalue weighted by atomic mass is 9.83. The molecule has 0 unspecified atom stereocenters. The summed E-state index contributed by atoms with van der Waals surface area (Å²) in [6, 6.07) is 17.2. The van der Waals surface area contributed by atoms with E-state index in [1.807, 2.05) is 30.3 Å². The van der Waals surface area contributed by atoms with E-state index in [2.05, 4.69) is 0 Å². The number of amides is 2. The van der Waals surface area contributed by atoms with Gasteiger partial charge < -0.3 is 9.64 Å². The highest BCUT2D eigenvalue weighted by atomic mass is 16.6. The summed E-state index contributed by atoms with van der Waals surface area (Å²) in [5, 5.41) is 11.1. The maximum absolute atomic E-state index is 14.0. The van der Waals surface area contributed by atoms with Crippen LogP contribution >= 0.6 is 0 Å². The molecule has 4 atom stereocenters. The van der Waals surface area contributed by atoms with E-state index < -0.39 is 52.4 Å². The number of hydrogen-bond donors (Lipinski definition) is 0. The Labute approximate surface area is 228 Å². The normalized spacial score (nSPS) is 22.5. The number of Topliss-reactive ketones (excluding diaryl/α,β-unsaturated/α-hetero) is 1. The molecule has 40 heavy (non-hydrogen) atoms. The van der Waals surface area contributed by atoms with Gasteiger partial charge in [-0.15, -0.1) is 0 Å². The van der Waals surface area contributed by atoms with Crippen LogP contribution in [0.5, 0.6) is 0 Å². The lowest BCUT2D eigenvalue weighted by molar-refractivity contribution is -0.384. The molecule has 2 amide bonds. The third kappa shape index (κ3) is 3.79. The molecule has 0 spiro atoms. The highest BCUT2D eigenvalue weighted by Crippen LogP contribution is 2.53. The number of ether oxygens (including phenoxy) is 1. The summed E-state index contributed by atoms with van der Waals surface area (Å²) in [7, 11) is 0. The van der Waals surface area contributed by atoms with Crippen molar-refractivity contribution in [3.8, 4) is 0 Å². The van der Waals surface area contributed by atoms with Crippen molar-refractivity contribution < 1.29 is 28.8 Å². The number of anilines is 1. The number of benzene rings is 3. The quantitative estimate of drug-likeness (QED) is 0.151. The predicted molar refractivity (Wildman–Crippen MR) is 143 cm³/mol. The number of hydrogen-bond acceptors (Lipinski definition) is 8. The third-order valence-corrected chi connectivity index (χ3v) is 7.73. The molecule has 6 rings (SSSR count). The van der Waals surface area contributed by atoms with Crippen molar-refractivity contribution in [1.29, 1.82) is 0 Å². The SMILES string of the molecule is CCOC(=O)c1ccc(N2C(=O)[C@@H]3[C@H](C2=O)[C@H]2c4ccccc4C=CN2[C@H]3C(=O)c2ccc([N+](=O)[O-])cc2)cc1. The van der Waals surface area contributed by atoms with Crippen molar-refractivity contribution in [2.75, 3.05) is 11.5 Å². The summed E-state index contributed by atoms with van der Waals surface area (Å²) in [6.07, 6.45) is 3.60. The number of rotatable bonds is 6. The number of ketones is 1. The van der Waals surface area contributed by atoms with Gasteiger partial charge in [-0.1, -0.05) is 24.3 Å². The average molecular weight is 538 g/mol. The standard InChI is InChI=1S/C30H23N3O7/c1-2-40-30(37)19-9-11-20(12-10-19)32-28(35)23-24(29(32)36)26(27(34)18-7-13-21(14-8-18)33(38)39)31-16-15-17-5-3-4-6-22(17)25(23)31/h3-16,23-26H,2H2,1H3/t23-,24+,25+,26+/m0/s1. The van der Waals surface area contributed by atoms with Crippen molar-refractivity contribution >= 4 is 41.0 Å². The van der Waals surface area contributed by atoms with Crippen LogP contribution in [0.15, 0.2) is 79.0 Å². The summed E-state index contributed by atoms with van der Waals surface area (Å²) in [5.74, 6) is -3.69. The van der Waals surface area contributed by atoms with Gasteiger partial charge in [-0.25, -0.2) is 9.69 Å². The maximum Gasteiger partial charge on any atom is 0.338 e. The largest absolute Gasteiger partial charge is 0.462 e. The lowest BCUT2D eigenvalue weighted by Gasteiger charge is -2.35. The minimum absolute atomic E-state index is 0.157. The minimum atomic E-state index is -0.999. The zero-order chi connectivity index (χ0) is 28.1. The van der Waals surface area contributed by atoms with Crippen molar-refractivity contribution in [2.24, 2.45) is 11.8 Å². The molecular formula is C30H23N3O7. The monoisotopic (exact) mass is 537 g/mol. The molecule has 10 heteroatoms. The van der Waals surface area contributed by atoms with E-state index in [0.717, 1.165) is 16.0 Å². The van der Waals surface area contributed by atoms with Gasteiger partial charge in [-0.2, -0.15) is 0 Å². The molecule has 3 aromatic rings. The van der Waals surface area contributed by atoms with Gasteiger partial charge in [0.15, 0.2) is 5.78 Å². The first-order chi connectivity index (χ1) is 19.3.